The number of hydrazine groups is 1. The van der Waals surface area contributed by atoms with Crippen molar-refractivity contribution in [3.63, 3.8) is 0 Å². The lowest BCUT2D eigenvalue weighted by molar-refractivity contribution is 0.347. The van der Waals surface area contributed by atoms with E-state index in [9.17, 15) is 0 Å². The zero-order valence-electron chi connectivity index (χ0n) is 3.98. The number of rotatable bonds is 0. The van der Waals surface area contributed by atoms with Crippen LogP contribution in [0.15, 0.2) is 6.08 Å². The molecule has 0 saturated carbocycles. The van der Waals surface area contributed by atoms with Crippen LogP contribution in [0.5, 0.6) is 0 Å². The molecule has 39 valence electrons. The van der Waals surface area contributed by atoms with Gasteiger partial charge in [-0.2, -0.15) is 0 Å². The highest BCUT2D eigenvalue weighted by Crippen LogP contribution is 1.99. The van der Waals surface area contributed by atoms with Crippen molar-refractivity contribution in [3.8, 4) is 0 Å². The van der Waals surface area contributed by atoms with E-state index in [2.05, 4.69) is 11.6 Å². The number of hydrogen-bond donors (Lipinski definition) is 1. The molecule has 7 heavy (non-hydrogen) atoms. The van der Waals surface area contributed by atoms with Crippen molar-refractivity contribution in [2.75, 3.05) is 7.05 Å². The monoisotopic (exact) mass is 117 g/mol. The molecule has 1 unspecified atom stereocenters. The van der Waals surface area contributed by atoms with E-state index < -0.39 is 0 Å². The molecule has 0 aromatic carbocycles. The van der Waals surface area contributed by atoms with Crippen molar-refractivity contribution in [1.82, 2.24) is 10.4 Å². The number of nitrogens with zero attached hydrogens (tertiary/aromatic N) is 1. The van der Waals surface area contributed by atoms with E-state index in [0.29, 0.717) is 0 Å². The van der Waals surface area contributed by atoms with E-state index in [1.807, 2.05) is 7.05 Å². The third kappa shape index (κ3) is 1.08. The van der Waals surface area contributed by atoms with Gasteiger partial charge in [-0.15, -0.1) is 0 Å². The van der Waals surface area contributed by atoms with Gasteiger partial charge >= 0.3 is 0 Å². The third-order valence-electron chi connectivity index (χ3n) is 0.731. The normalized spacial score (nSPS) is 29.4. The molecule has 3 heteroatoms. The van der Waals surface area contributed by atoms with Crippen LogP contribution >= 0.6 is 11.6 Å². The summed E-state index contributed by atoms with van der Waals surface area (Å²) in [5, 5.41) is 1.69. The minimum Gasteiger partial charge on any atom is -0.308 e. The fourth-order valence-corrected chi connectivity index (χ4v) is 0.640. The Morgan fingerprint density at radius 3 is 2.86 bits per heavy atom. The van der Waals surface area contributed by atoms with Crippen LogP contribution in [0.2, 0.25) is 0 Å². The Morgan fingerprint density at radius 2 is 2.71 bits per heavy atom. The molecule has 0 bridgehead atoms. The molecule has 0 aromatic heterocycles. The van der Waals surface area contributed by atoms with Gasteiger partial charge in [0.2, 0.25) is 0 Å². The SMILES string of the molecule is CN1[C]=CC(Cl)N1. The molecule has 0 spiro atoms. The summed E-state index contributed by atoms with van der Waals surface area (Å²) in [5.41, 5.74) is 2.78. The van der Waals surface area contributed by atoms with Gasteiger partial charge in [0.1, 0.15) is 5.50 Å². The summed E-state index contributed by atoms with van der Waals surface area (Å²) in [6.45, 7) is 0. The minimum atomic E-state index is -0.0648. The smallest absolute Gasteiger partial charge is 0.120 e. The fraction of sp³-hybridized carbons (Fsp3) is 0.500. The molecular weight excluding hydrogens is 112 g/mol. The highest BCUT2D eigenvalue weighted by molar-refractivity contribution is 6.21. The molecular formula is C4H6ClN2. The lowest BCUT2D eigenvalue weighted by Gasteiger charge is -2.07. The van der Waals surface area contributed by atoms with Gasteiger partial charge in [0.05, 0.1) is 6.20 Å². The molecule has 1 N–H and O–H groups in total. The summed E-state index contributed by atoms with van der Waals surface area (Å²) < 4.78 is 0. The molecule has 1 atom stereocenters. The standard InChI is InChI=1S/C4H6ClN2/c1-7-3-2-4(5)6-7/h2,4,6H,1H3. The predicted molar refractivity (Wildman–Crippen MR) is 28.4 cm³/mol. The maximum Gasteiger partial charge on any atom is 0.120 e. The Hall–Kier alpha value is -0.210. The van der Waals surface area contributed by atoms with E-state index in [1.54, 1.807) is 11.1 Å². The van der Waals surface area contributed by atoms with Crippen LogP contribution in [0.25, 0.3) is 0 Å². The molecule has 0 saturated heterocycles. The minimum absolute atomic E-state index is 0.0648. The quantitative estimate of drug-likeness (QED) is 0.363. The average molecular weight is 118 g/mol. The van der Waals surface area contributed by atoms with E-state index in [-0.39, 0.29) is 5.50 Å². The molecule has 0 aromatic rings. The molecule has 1 aliphatic rings. The van der Waals surface area contributed by atoms with Crippen LogP contribution in [0, 0.1) is 6.20 Å². The van der Waals surface area contributed by atoms with E-state index in [1.165, 1.54) is 0 Å². The van der Waals surface area contributed by atoms with Crippen molar-refractivity contribution in [3.05, 3.63) is 12.3 Å². The second-order valence-corrected chi connectivity index (χ2v) is 1.86. The Labute approximate surface area is 47.7 Å². The van der Waals surface area contributed by atoms with Gasteiger partial charge in [-0.3, -0.25) is 0 Å². The Bertz CT molecular complexity index is 81.7. The van der Waals surface area contributed by atoms with Gasteiger partial charge in [-0.25, -0.2) is 5.43 Å². The van der Waals surface area contributed by atoms with Crippen LogP contribution < -0.4 is 5.43 Å². The number of alkyl halides is 1. The zero-order chi connectivity index (χ0) is 5.28. The van der Waals surface area contributed by atoms with E-state index >= 15 is 0 Å². The second-order valence-electron chi connectivity index (χ2n) is 1.39. The van der Waals surface area contributed by atoms with E-state index in [4.69, 9.17) is 11.6 Å². The van der Waals surface area contributed by atoms with Crippen molar-refractivity contribution >= 4 is 11.6 Å². The first kappa shape index (κ1) is 4.94. The maximum absolute atomic E-state index is 5.54. The molecule has 0 amide bonds. The van der Waals surface area contributed by atoms with Crippen molar-refractivity contribution < 1.29 is 0 Å². The summed E-state index contributed by atoms with van der Waals surface area (Å²) in [6, 6.07) is 0. The van der Waals surface area contributed by atoms with Crippen LogP contribution in [0.4, 0.5) is 0 Å². The van der Waals surface area contributed by atoms with Crippen LogP contribution in [-0.4, -0.2) is 17.6 Å². The summed E-state index contributed by atoms with van der Waals surface area (Å²) in [5.74, 6) is 0. The molecule has 1 heterocycles. The summed E-state index contributed by atoms with van der Waals surface area (Å²) in [4.78, 5) is 0. The Balaban J connectivity index is 2.42. The van der Waals surface area contributed by atoms with Gasteiger partial charge in [0.15, 0.2) is 0 Å². The Kier molecular flexibility index (Phi) is 1.21. The highest BCUT2D eigenvalue weighted by atomic mass is 35.5. The van der Waals surface area contributed by atoms with Crippen LogP contribution in [0.1, 0.15) is 0 Å². The summed E-state index contributed by atoms with van der Waals surface area (Å²) >= 11 is 5.54. The van der Waals surface area contributed by atoms with Gasteiger partial charge in [-0.1, -0.05) is 11.6 Å². The molecule has 1 radical (unpaired) electrons. The van der Waals surface area contributed by atoms with E-state index in [0.717, 1.165) is 0 Å². The molecule has 0 fully saturated rings. The molecule has 1 aliphatic heterocycles. The first-order valence-electron chi connectivity index (χ1n) is 2.02. The molecule has 1 rings (SSSR count). The van der Waals surface area contributed by atoms with Gasteiger partial charge in [0, 0.05) is 7.05 Å². The fourth-order valence-electron chi connectivity index (χ4n) is 0.437. The van der Waals surface area contributed by atoms with Gasteiger partial charge in [0.25, 0.3) is 0 Å². The van der Waals surface area contributed by atoms with Gasteiger partial charge in [-0.05, 0) is 6.08 Å². The van der Waals surface area contributed by atoms with Crippen molar-refractivity contribution in [1.29, 1.82) is 0 Å². The summed E-state index contributed by atoms with van der Waals surface area (Å²) in [7, 11) is 1.85. The predicted octanol–water partition coefficient (Wildman–Crippen LogP) is 0.318. The summed E-state index contributed by atoms with van der Waals surface area (Å²) in [6.07, 6.45) is 4.59. The number of nitrogens with one attached hydrogen (secondary N) is 1. The Morgan fingerprint density at radius 1 is 2.00 bits per heavy atom. The molecule has 2 nitrogen and oxygen atoms in total. The van der Waals surface area contributed by atoms with Crippen LogP contribution in [-0.2, 0) is 0 Å². The number of halogens is 1. The largest absolute Gasteiger partial charge is 0.308 e. The third-order valence-corrected chi connectivity index (χ3v) is 0.955. The first-order chi connectivity index (χ1) is 3.29. The average Bonchev–Trinajstić information content (AvgIpc) is 1.87. The zero-order valence-corrected chi connectivity index (χ0v) is 4.74. The highest BCUT2D eigenvalue weighted by Gasteiger charge is 2.06. The number of hydrogen-bond acceptors (Lipinski definition) is 2. The lowest BCUT2D eigenvalue weighted by atomic mass is 10.6. The first-order valence-corrected chi connectivity index (χ1v) is 2.46. The van der Waals surface area contributed by atoms with Crippen LogP contribution in [0.3, 0.4) is 0 Å². The second kappa shape index (κ2) is 1.72. The molecule has 0 aliphatic carbocycles. The lowest BCUT2D eigenvalue weighted by Crippen LogP contribution is -2.28. The topological polar surface area (TPSA) is 15.3 Å². The van der Waals surface area contributed by atoms with Crippen molar-refractivity contribution in [2.24, 2.45) is 0 Å². The van der Waals surface area contributed by atoms with Gasteiger partial charge < -0.3 is 5.01 Å². The van der Waals surface area contributed by atoms with Crippen molar-refractivity contribution in [2.45, 2.75) is 5.50 Å². The maximum atomic E-state index is 5.54.